The maximum atomic E-state index is 11.8. The smallest absolute Gasteiger partial charge is 0.130 e. The van der Waals surface area contributed by atoms with E-state index in [9.17, 15) is 5.11 Å². The number of rotatable bonds is 7. The number of aromatic nitrogens is 1. The number of halogens is 1. The fourth-order valence-electron chi connectivity index (χ4n) is 3.25. The Morgan fingerprint density at radius 1 is 0.963 bits per heavy atom. The van der Waals surface area contributed by atoms with Crippen molar-refractivity contribution >= 4 is 11.6 Å². The van der Waals surface area contributed by atoms with Crippen LogP contribution in [0.15, 0.2) is 79.1 Å². The van der Waals surface area contributed by atoms with Crippen LogP contribution in [0.4, 0.5) is 0 Å². The SMILES string of the molecule is CC(C)(Cc1ccccc1)C(O)(COc1ccc(Cl)cc1)c1cccnc1. The molecule has 2 aromatic carbocycles. The molecule has 0 radical (unpaired) electrons. The molecule has 1 aromatic heterocycles. The minimum absolute atomic E-state index is 0.111. The molecule has 0 aliphatic rings. The zero-order chi connectivity index (χ0) is 19.3. The lowest BCUT2D eigenvalue weighted by atomic mass is 9.68. The summed E-state index contributed by atoms with van der Waals surface area (Å²) in [5.41, 5.74) is 0.178. The molecule has 3 nitrogen and oxygen atoms in total. The average Bonchev–Trinajstić information content (AvgIpc) is 2.68. The molecule has 3 rings (SSSR count). The molecule has 27 heavy (non-hydrogen) atoms. The van der Waals surface area contributed by atoms with Crippen molar-refractivity contribution in [1.82, 2.24) is 4.98 Å². The summed E-state index contributed by atoms with van der Waals surface area (Å²) in [6.07, 6.45) is 4.11. The highest BCUT2D eigenvalue weighted by Crippen LogP contribution is 2.42. The molecule has 0 fully saturated rings. The molecule has 1 heterocycles. The van der Waals surface area contributed by atoms with Gasteiger partial charge >= 0.3 is 0 Å². The van der Waals surface area contributed by atoms with Gasteiger partial charge in [-0.05, 0) is 42.3 Å². The summed E-state index contributed by atoms with van der Waals surface area (Å²) in [5.74, 6) is 0.664. The van der Waals surface area contributed by atoms with Gasteiger partial charge in [-0.1, -0.05) is 61.8 Å². The molecule has 140 valence electrons. The van der Waals surface area contributed by atoms with E-state index in [1.807, 2.05) is 30.3 Å². The van der Waals surface area contributed by atoms with Gasteiger partial charge in [0.25, 0.3) is 0 Å². The lowest BCUT2D eigenvalue weighted by molar-refractivity contribution is -0.103. The van der Waals surface area contributed by atoms with Gasteiger partial charge in [-0.25, -0.2) is 0 Å². The molecule has 0 aliphatic heterocycles. The van der Waals surface area contributed by atoms with Crippen LogP contribution in [0.2, 0.25) is 5.02 Å². The second-order valence-electron chi connectivity index (χ2n) is 7.39. The fraction of sp³-hybridized carbons (Fsp3) is 0.261. The van der Waals surface area contributed by atoms with E-state index in [-0.39, 0.29) is 6.61 Å². The van der Waals surface area contributed by atoms with E-state index in [0.29, 0.717) is 17.2 Å². The standard InChI is InChI=1S/C23H24ClNO2/c1-22(2,15-18-7-4-3-5-8-18)23(26,19-9-6-14-25-16-19)17-27-21-12-10-20(24)11-13-21/h3-14,16,26H,15,17H2,1-2H3. The molecule has 0 bridgehead atoms. The number of nitrogens with zero attached hydrogens (tertiary/aromatic N) is 1. The van der Waals surface area contributed by atoms with Gasteiger partial charge in [0.05, 0.1) is 0 Å². The molecular formula is C23H24ClNO2. The van der Waals surface area contributed by atoms with Crippen molar-refractivity contribution in [3.05, 3.63) is 95.3 Å². The molecular weight excluding hydrogens is 358 g/mol. The van der Waals surface area contributed by atoms with Gasteiger partial charge in [0.1, 0.15) is 18.0 Å². The third-order valence-corrected chi connectivity index (χ3v) is 5.26. The summed E-state index contributed by atoms with van der Waals surface area (Å²) >= 11 is 5.95. The van der Waals surface area contributed by atoms with Gasteiger partial charge in [-0.2, -0.15) is 0 Å². The second kappa shape index (κ2) is 8.12. The van der Waals surface area contributed by atoms with Crippen molar-refractivity contribution in [2.75, 3.05) is 6.61 Å². The predicted octanol–water partition coefficient (Wildman–Crippen LogP) is 5.27. The highest BCUT2D eigenvalue weighted by Gasteiger charge is 2.46. The van der Waals surface area contributed by atoms with Crippen molar-refractivity contribution in [2.24, 2.45) is 5.41 Å². The summed E-state index contributed by atoms with van der Waals surface area (Å²) in [4.78, 5) is 4.20. The lowest BCUT2D eigenvalue weighted by Gasteiger charge is -2.43. The van der Waals surface area contributed by atoms with E-state index in [0.717, 1.165) is 11.1 Å². The maximum Gasteiger partial charge on any atom is 0.130 e. The Morgan fingerprint density at radius 2 is 1.67 bits per heavy atom. The van der Waals surface area contributed by atoms with Gasteiger partial charge in [-0.15, -0.1) is 0 Å². The second-order valence-corrected chi connectivity index (χ2v) is 7.83. The van der Waals surface area contributed by atoms with Gasteiger partial charge in [0.15, 0.2) is 0 Å². The molecule has 1 atom stereocenters. The van der Waals surface area contributed by atoms with Gasteiger partial charge in [0, 0.05) is 28.4 Å². The van der Waals surface area contributed by atoms with Gasteiger partial charge in [0.2, 0.25) is 0 Å². The number of ether oxygens (including phenoxy) is 1. The maximum absolute atomic E-state index is 11.8. The molecule has 3 aromatic rings. The number of pyridine rings is 1. The van der Waals surface area contributed by atoms with Crippen LogP contribution in [0.3, 0.4) is 0 Å². The topological polar surface area (TPSA) is 42.4 Å². The van der Waals surface area contributed by atoms with Crippen LogP contribution in [0.25, 0.3) is 0 Å². The first-order valence-corrected chi connectivity index (χ1v) is 9.34. The Balaban J connectivity index is 1.90. The normalized spacial score (nSPS) is 13.8. The third-order valence-electron chi connectivity index (χ3n) is 5.01. The van der Waals surface area contributed by atoms with E-state index in [4.69, 9.17) is 16.3 Å². The van der Waals surface area contributed by atoms with Crippen LogP contribution >= 0.6 is 11.6 Å². The molecule has 0 saturated carbocycles. The summed E-state index contributed by atoms with van der Waals surface area (Å²) in [6.45, 7) is 4.22. The summed E-state index contributed by atoms with van der Waals surface area (Å²) in [6, 6.07) is 21.0. The Morgan fingerprint density at radius 3 is 2.30 bits per heavy atom. The van der Waals surface area contributed by atoms with Crippen molar-refractivity contribution in [3.63, 3.8) is 0 Å². The van der Waals surface area contributed by atoms with E-state index in [2.05, 4.69) is 31.0 Å². The van der Waals surface area contributed by atoms with Crippen molar-refractivity contribution in [3.8, 4) is 5.75 Å². The largest absolute Gasteiger partial charge is 0.490 e. The number of aliphatic hydroxyl groups is 1. The van der Waals surface area contributed by atoms with Crippen LogP contribution in [-0.2, 0) is 12.0 Å². The van der Waals surface area contributed by atoms with Crippen LogP contribution in [0.5, 0.6) is 5.75 Å². The predicted molar refractivity (Wildman–Crippen MR) is 109 cm³/mol. The minimum Gasteiger partial charge on any atom is -0.490 e. The van der Waals surface area contributed by atoms with Crippen molar-refractivity contribution in [1.29, 1.82) is 0 Å². The average molecular weight is 382 g/mol. The Hall–Kier alpha value is -2.36. The number of benzene rings is 2. The number of hydrogen-bond donors (Lipinski definition) is 1. The zero-order valence-corrected chi connectivity index (χ0v) is 16.4. The highest BCUT2D eigenvalue weighted by molar-refractivity contribution is 6.30. The van der Waals surface area contributed by atoms with Crippen molar-refractivity contribution in [2.45, 2.75) is 25.9 Å². The van der Waals surface area contributed by atoms with Crippen LogP contribution < -0.4 is 4.74 Å². The summed E-state index contributed by atoms with van der Waals surface area (Å²) < 4.78 is 5.97. The quantitative estimate of drug-likeness (QED) is 0.606. The van der Waals surface area contributed by atoms with Crippen LogP contribution in [0.1, 0.15) is 25.0 Å². The molecule has 0 aliphatic carbocycles. The Labute approximate surface area is 165 Å². The van der Waals surface area contributed by atoms with Crippen LogP contribution in [0, 0.1) is 5.41 Å². The summed E-state index contributed by atoms with van der Waals surface area (Å²) in [7, 11) is 0. The summed E-state index contributed by atoms with van der Waals surface area (Å²) in [5, 5.41) is 12.4. The Bertz CT molecular complexity index is 851. The first-order chi connectivity index (χ1) is 12.9. The Kier molecular flexibility index (Phi) is 5.83. The van der Waals surface area contributed by atoms with E-state index in [1.165, 1.54) is 0 Å². The monoisotopic (exact) mass is 381 g/mol. The third kappa shape index (κ3) is 4.49. The van der Waals surface area contributed by atoms with E-state index < -0.39 is 11.0 Å². The molecule has 1 N–H and O–H groups in total. The molecule has 0 saturated heterocycles. The molecule has 4 heteroatoms. The van der Waals surface area contributed by atoms with Crippen LogP contribution in [-0.4, -0.2) is 16.7 Å². The molecule has 0 spiro atoms. The first-order valence-electron chi connectivity index (χ1n) is 8.96. The van der Waals surface area contributed by atoms with E-state index >= 15 is 0 Å². The number of hydrogen-bond acceptors (Lipinski definition) is 3. The fourth-order valence-corrected chi connectivity index (χ4v) is 3.37. The lowest BCUT2D eigenvalue weighted by Crippen LogP contribution is -2.48. The van der Waals surface area contributed by atoms with Gasteiger partial charge in [-0.3, -0.25) is 4.98 Å². The molecule has 1 unspecified atom stereocenters. The molecule has 0 amide bonds. The van der Waals surface area contributed by atoms with Crippen molar-refractivity contribution < 1.29 is 9.84 Å². The highest BCUT2D eigenvalue weighted by atomic mass is 35.5. The minimum atomic E-state index is -1.23. The first kappa shape index (κ1) is 19.4. The van der Waals surface area contributed by atoms with E-state index in [1.54, 1.807) is 36.7 Å². The van der Waals surface area contributed by atoms with Gasteiger partial charge < -0.3 is 9.84 Å². The zero-order valence-electron chi connectivity index (χ0n) is 15.6.